The van der Waals surface area contributed by atoms with Crippen molar-refractivity contribution < 1.29 is 14.3 Å². The molecule has 0 bridgehead atoms. The molecule has 5 rings (SSSR count). The van der Waals surface area contributed by atoms with E-state index >= 15 is 0 Å². The number of amides is 1. The van der Waals surface area contributed by atoms with E-state index in [9.17, 15) is 9.59 Å². The maximum Gasteiger partial charge on any atom is 0.338 e. The molecule has 1 heterocycles. The second kappa shape index (κ2) is 10.8. The van der Waals surface area contributed by atoms with E-state index in [1.54, 1.807) is 24.0 Å². The minimum Gasteiger partial charge on any atom is -0.462 e. The number of carbonyl (C=O) groups excluding carboxylic acids is 2. The molecule has 0 atom stereocenters. The topological polar surface area (TPSA) is 58.6 Å². The number of carbonyl (C=O) groups is 2. The Balaban J connectivity index is 1.45. The standard InChI is InChI=1S/C32H26N2O3/c1-2-37-32(36)25-15-13-23(14-16-25)21-26-22-30(24-9-5-3-6-10-24)34(31(26)35)29-19-17-28(18-20-29)33-27-11-7-4-8-12-27/h3-22,33H,2H2,1H3/b26-21+. The highest BCUT2D eigenvalue weighted by Gasteiger charge is 2.30. The molecular formula is C32H26N2O3. The average molecular weight is 487 g/mol. The Morgan fingerprint density at radius 1 is 0.811 bits per heavy atom. The number of anilines is 3. The summed E-state index contributed by atoms with van der Waals surface area (Å²) in [5, 5.41) is 3.38. The van der Waals surface area contributed by atoms with Crippen LogP contribution in [0.25, 0.3) is 11.8 Å². The van der Waals surface area contributed by atoms with Crippen LogP contribution in [0.3, 0.4) is 0 Å². The second-order valence-electron chi connectivity index (χ2n) is 8.52. The first kappa shape index (κ1) is 23.8. The zero-order chi connectivity index (χ0) is 25.6. The van der Waals surface area contributed by atoms with Crippen LogP contribution in [0.4, 0.5) is 17.1 Å². The quantitative estimate of drug-likeness (QED) is 0.224. The van der Waals surface area contributed by atoms with Gasteiger partial charge in [0, 0.05) is 22.6 Å². The summed E-state index contributed by atoms with van der Waals surface area (Å²) >= 11 is 0. The van der Waals surface area contributed by atoms with Crippen molar-refractivity contribution >= 4 is 40.7 Å². The van der Waals surface area contributed by atoms with Gasteiger partial charge in [-0.05, 0) is 78.7 Å². The van der Waals surface area contributed by atoms with E-state index in [0.29, 0.717) is 17.7 Å². The maximum atomic E-state index is 13.6. The number of esters is 1. The molecule has 37 heavy (non-hydrogen) atoms. The van der Waals surface area contributed by atoms with Gasteiger partial charge in [-0.3, -0.25) is 9.69 Å². The zero-order valence-electron chi connectivity index (χ0n) is 20.4. The van der Waals surface area contributed by atoms with Gasteiger partial charge in [-0.25, -0.2) is 4.79 Å². The summed E-state index contributed by atoms with van der Waals surface area (Å²) in [6.07, 6.45) is 3.75. The maximum absolute atomic E-state index is 13.6. The number of para-hydroxylation sites is 1. The number of nitrogens with one attached hydrogen (secondary N) is 1. The van der Waals surface area contributed by atoms with Crippen molar-refractivity contribution in [2.75, 3.05) is 16.8 Å². The Morgan fingerprint density at radius 2 is 1.43 bits per heavy atom. The monoisotopic (exact) mass is 486 g/mol. The second-order valence-corrected chi connectivity index (χ2v) is 8.52. The van der Waals surface area contributed by atoms with Crippen LogP contribution >= 0.6 is 0 Å². The van der Waals surface area contributed by atoms with Crippen LogP contribution in [0.2, 0.25) is 0 Å². The summed E-state index contributed by atoms with van der Waals surface area (Å²) in [6, 6.07) is 34.7. The van der Waals surface area contributed by atoms with Gasteiger partial charge in [-0.15, -0.1) is 0 Å². The van der Waals surface area contributed by atoms with Gasteiger partial charge < -0.3 is 10.1 Å². The van der Waals surface area contributed by atoms with Crippen molar-refractivity contribution in [1.82, 2.24) is 0 Å². The normalized spacial score (nSPS) is 14.0. The van der Waals surface area contributed by atoms with Crippen LogP contribution in [-0.4, -0.2) is 18.5 Å². The Bertz CT molecular complexity index is 1460. The lowest BCUT2D eigenvalue weighted by Gasteiger charge is -2.21. The molecular weight excluding hydrogens is 460 g/mol. The third-order valence-electron chi connectivity index (χ3n) is 5.98. The number of hydrogen-bond donors (Lipinski definition) is 1. The van der Waals surface area contributed by atoms with Crippen molar-refractivity contribution in [3.05, 3.63) is 138 Å². The van der Waals surface area contributed by atoms with Crippen LogP contribution in [-0.2, 0) is 9.53 Å². The molecule has 5 heteroatoms. The molecule has 1 aliphatic heterocycles. The molecule has 0 aliphatic carbocycles. The van der Waals surface area contributed by atoms with Gasteiger partial charge in [0.25, 0.3) is 5.91 Å². The summed E-state index contributed by atoms with van der Waals surface area (Å²) in [6.45, 7) is 2.10. The van der Waals surface area contributed by atoms with Gasteiger partial charge in [0.1, 0.15) is 0 Å². The van der Waals surface area contributed by atoms with Gasteiger partial charge in [-0.2, -0.15) is 0 Å². The fourth-order valence-corrected chi connectivity index (χ4v) is 4.18. The lowest BCUT2D eigenvalue weighted by Crippen LogP contribution is -2.24. The fourth-order valence-electron chi connectivity index (χ4n) is 4.18. The molecule has 0 radical (unpaired) electrons. The Hall–Kier alpha value is -4.90. The summed E-state index contributed by atoms with van der Waals surface area (Å²) in [5.74, 6) is -0.474. The predicted molar refractivity (Wildman–Crippen MR) is 148 cm³/mol. The van der Waals surface area contributed by atoms with E-state index in [4.69, 9.17) is 4.74 Å². The van der Waals surface area contributed by atoms with Crippen molar-refractivity contribution in [3.63, 3.8) is 0 Å². The summed E-state index contributed by atoms with van der Waals surface area (Å²) in [7, 11) is 0. The van der Waals surface area contributed by atoms with Crippen molar-refractivity contribution in [2.45, 2.75) is 6.92 Å². The Kier molecular flexibility index (Phi) is 6.95. The van der Waals surface area contributed by atoms with Crippen LogP contribution in [0.15, 0.2) is 121 Å². The largest absolute Gasteiger partial charge is 0.462 e. The first-order chi connectivity index (χ1) is 18.1. The van der Waals surface area contributed by atoms with Gasteiger partial charge in [0.2, 0.25) is 0 Å². The highest BCUT2D eigenvalue weighted by molar-refractivity contribution is 6.23. The van der Waals surface area contributed by atoms with Gasteiger partial charge in [0.15, 0.2) is 0 Å². The van der Waals surface area contributed by atoms with E-state index < -0.39 is 0 Å². The molecule has 0 spiro atoms. The van der Waals surface area contributed by atoms with Gasteiger partial charge in [-0.1, -0.05) is 60.7 Å². The number of nitrogens with zero attached hydrogens (tertiary/aromatic N) is 1. The third-order valence-corrected chi connectivity index (χ3v) is 5.98. The Morgan fingerprint density at radius 3 is 2.08 bits per heavy atom. The zero-order valence-corrected chi connectivity index (χ0v) is 20.4. The molecule has 5 nitrogen and oxygen atoms in total. The first-order valence-electron chi connectivity index (χ1n) is 12.1. The number of hydrogen-bond acceptors (Lipinski definition) is 4. The molecule has 4 aromatic rings. The number of rotatable bonds is 7. The van der Waals surface area contributed by atoms with E-state index in [1.165, 1.54) is 0 Å². The van der Waals surface area contributed by atoms with Crippen LogP contribution in [0, 0.1) is 0 Å². The molecule has 0 unspecified atom stereocenters. The SMILES string of the molecule is CCOC(=O)c1ccc(/C=C2\C=C(c3ccccc3)N(c3ccc(Nc4ccccc4)cc3)C2=O)cc1. The molecule has 0 saturated heterocycles. The molecule has 1 aliphatic rings. The highest BCUT2D eigenvalue weighted by atomic mass is 16.5. The first-order valence-corrected chi connectivity index (χ1v) is 12.1. The third kappa shape index (κ3) is 5.36. The molecule has 0 aromatic heterocycles. The molecule has 1 N–H and O–H groups in total. The molecule has 0 fully saturated rings. The van der Waals surface area contributed by atoms with Crippen molar-refractivity contribution in [2.24, 2.45) is 0 Å². The van der Waals surface area contributed by atoms with E-state index in [0.717, 1.165) is 33.9 Å². The highest BCUT2D eigenvalue weighted by Crippen LogP contribution is 2.36. The van der Waals surface area contributed by atoms with Crippen molar-refractivity contribution in [3.8, 4) is 0 Å². The van der Waals surface area contributed by atoms with Gasteiger partial charge in [0.05, 0.1) is 17.9 Å². The summed E-state index contributed by atoms with van der Waals surface area (Å²) < 4.78 is 5.06. The molecule has 0 saturated carbocycles. The molecule has 182 valence electrons. The van der Waals surface area contributed by atoms with E-state index in [-0.39, 0.29) is 11.9 Å². The van der Waals surface area contributed by atoms with Crippen LogP contribution < -0.4 is 10.2 Å². The minimum atomic E-state index is -0.360. The predicted octanol–water partition coefficient (Wildman–Crippen LogP) is 7.08. The Labute approximate surface area is 216 Å². The lowest BCUT2D eigenvalue weighted by atomic mass is 10.1. The average Bonchev–Trinajstić information content (AvgIpc) is 3.26. The van der Waals surface area contributed by atoms with Gasteiger partial charge >= 0.3 is 5.97 Å². The number of benzene rings is 4. The smallest absolute Gasteiger partial charge is 0.338 e. The molecule has 1 amide bonds. The van der Waals surface area contributed by atoms with Crippen molar-refractivity contribution in [1.29, 1.82) is 0 Å². The van der Waals surface area contributed by atoms with E-state index in [2.05, 4.69) is 5.32 Å². The van der Waals surface area contributed by atoms with E-state index in [1.807, 2.05) is 109 Å². The molecule has 4 aromatic carbocycles. The minimum absolute atomic E-state index is 0.114. The number of ether oxygens (including phenoxy) is 1. The summed E-state index contributed by atoms with van der Waals surface area (Å²) in [4.78, 5) is 27.3. The van der Waals surface area contributed by atoms with Crippen LogP contribution in [0.1, 0.15) is 28.4 Å². The lowest BCUT2D eigenvalue weighted by molar-refractivity contribution is -0.113. The van der Waals surface area contributed by atoms with Crippen LogP contribution in [0.5, 0.6) is 0 Å². The summed E-state index contributed by atoms with van der Waals surface area (Å²) in [5.41, 5.74) is 6.33. The fraction of sp³-hybridized carbons (Fsp3) is 0.0625.